The number of rotatable bonds is 3. The van der Waals surface area contributed by atoms with Crippen molar-refractivity contribution in [1.29, 1.82) is 0 Å². The van der Waals surface area contributed by atoms with E-state index >= 15 is 0 Å². The van der Waals surface area contributed by atoms with Crippen molar-refractivity contribution in [3.8, 4) is 0 Å². The molecule has 0 aromatic carbocycles. The molecule has 2 heterocycles. The maximum absolute atomic E-state index is 9.67. The van der Waals surface area contributed by atoms with Crippen molar-refractivity contribution < 1.29 is 5.11 Å². The van der Waals surface area contributed by atoms with Crippen molar-refractivity contribution in [3.63, 3.8) is 0 Å². The summed E-state index contributed by atoms with van der Waals surface area (Å²) in [5.74, 6) is 1.67. The third-order valence-electron chi connectivity index (χ3n) is 3.83. The van der Waals surface area contributed by atoms with E-state index in [0.717, 1.165) is 36.7 Å². The van der Waals surface area contributed by atoms with E-state index in [4.69, 9.17) is 5.73 Å². The van der Waals surface area contributed by atoms with Crippen LogP contribution in [0.4, 0.5) is 11.5 Å². The van der Waals surface area contributed by atoms with E-state index in [0.29, 0.717) is 11.8 Å². The summed E-state index contributed by atoms with van der Waals surface area (Å²) in [6.45, 7) is 7.87. The maximum atomic E-state index is 9.67. The molecule has 0 saturated carbocycles. The molecule has 1 fully saturated rings. The second kappa shape index (κ2) is 4.80. The zero-order valence-corrected chi connectivity index (χ0v) is 11.7. The lowest BCUT2D eigenvalue weighted by Gasteiger charge is -2.20. The summed E-state index contributed by atoms with van der Waals surface area (Å²) in [5.41, 5.74) is 7.98. The molecule has 5 nitrogen and oxygen atoms in total. The Morgan fingerprint density at radius 3 is 2.50 bits per heavy atom. The van der Waals surface area contributed by atoms with Gasteiger partial charge in [-0.25, -0.2) is 0 Å². The van der Waals surface area contributed by atoms with Crippen LogP contribution < -0.4 is 10.6 Å². The SMILES string of the molecule is CC(C)c1nn(C)c(N2CCC(C(C)O)C2)c1N. The van der Waals surface area contributed by atoms with Crippen LogP contribution in [0, 0.1) is 5.92 Å². The normalized spacial score (nSPS) is 21.9. The Labute approximate surface area is 109 Å². The first kappa shape index (κ1) is 13.2. The Morgan fingerprint density at radius 2 is 2.06 bits per heavy atom. The number of aryl methyl sites for hydroxylation is 1. The van der Waals surface area contributed by atoms with Crippen LogP contribution in [-0.2, 0) is 7.05 Å². The van der Waals surface area contributed by atoms with Crippen LogP contribution in [-0.4, -0.2) is 34.1 Å². The minimum absolute atomic E-state index is 0.256. The van der Waals surface area contributed by atoms with Gasteiger partial charge in [0.2, 0.25) is 0 Å². The Hall–Kier alpha value is -1.23. The zero-order chi connectivity index (χ0) is 13.4. The summed E-state index contributed by atoms with van der Waals surface area (Å²) in [4.78, 5) is 2.24. The van der Waals surface area contributed by atoms with Gasteiger partial charge in [0.1, 0.15) is 5.82 Å². The molecule has 102 valence electrons. The molecule has 1 aromatic heterocycles. The van der Waals surface area contributed by atoms with Gasteiger partial charge in [0.25, 0.3) is 0 Å². The average molecular weight is 252 g/mol. The van der Waals surface area contributed by atoms with E-state index in [1.807, 2.05) is 18.7 Å². The van der Waals surface area contributed by atoms with Gasteiger partial charge in [0, 0.05) is 26.1 Å². The summed E-state index contributed by atoms with van der Waals surface area (Å²) < 4.78 is 1.87. The number of nitrogens with zero attached hydrogens (tertiary/aromatic N) is 3. The first-order valence-electron chi connectivity index (χ1n) is 6.67. The van der Waals surface area contributed by atoms with Gasteiger partial charge >= 0.3 is 0 Å². The molecule has 2 atom stereocenters. The molecule has 2 rings (SSSR count). The van der Waals surface area contributed by atoms with E-state index in [1.54, 1.807) is 0 Å². The quantitative estimate of drug-likeness (QED) is 0.851. The Bertz CT molecular complexity index is 425. The molecule has 18 heavy (non-hydrogen) atoms. The Kier molecular flexibility index (Phi) is 3.52. The first-order chi connectivity index (χ1) is 8.41. The summed E-state index contributed by atoms with van der Waals surface area (Å²) >= 11 is 0. The summed E-state index contributed by atoms with van der Waals surface area (Å²) in [6, 6.07) is 0. The fourth-order valence-corrected chi connectivity index (χ4v) is 2.73. The lowest BCUT2D eigenvalue weighted by molar-refractivity contribution is 0.136. The molecular weight excluding hydrogens is 228 g/mol. The van der Waals surface area contributed by atoms with Crippen LogP contribution in [0.2, 0.25) is 0 Å². The third kappa shape index (κ3) is 2.19. The van der Waals surface area contributed by atoms with Crippen molar-refractivity contribution in [1.82, 2.24) is 9.78 Å². The number of nitrogens with two attached hydrogens (primary N) is 1. The number of hydrogen-bond donors (Lipinski definition) is 2. The van der Waals surface area contributed by atoms with Gasteiger partial charge in [-0.05, 0) is 19.3 Å². The summed E-state index contributed by atoms with van der Waals surface area (Å²) in [6.07, 6.45) is 0.758. The topological polar surface area (TPSA) is 67.3 Å². The van der Waals surface area contributed by atoms with Crippen LogP contribution in [0.1, 0.15) is 38.8 Å². The molecule has 0 aliphatic carbocycles. The molecule has 1 aromatic rings. The Morgan fingerprint density at radius 1 is 1.39 bits per heavy atom. The predicted molar refractivity (Wildman–Crippen MR) is 73.7 cm³/mol. The monoisotopic (exact) mass is 252 g/mol. The number of aliphatic hydroxyl groups excluding tert-OH is 1. The van der Waals surface area contributed by atoms with Gasteiger partial charge in [0.05, 0.1) is 17.5 Å². The van der Waals surface area contributed by atoms with Gasteiger partial charge in [-0.15, -0.1) is 0 Å². The van der Waals surface area contributed by atoms with E-state index < -0.39 is 0 Å². The molecule has 0 amide bonds. The molecule has 3 N–H and O–H groups in total. The maximum Gasteiger partial charge on any atom is 0.150 e. The standard InChI is InChI=1S/C13H24N4O/c1-8(2)12-11(14)13(16(4)15-12)17-6-5-10(7-17)9(3)18/h8-10,18H,5-7,14H2,1-4H3. The number of anilines is 2. The van der Waals surface area contributed by atoms with Crippen LogP contribution in [0.25, 0.3) is 0 Å². The minimum Gasteiger partial charge on any atom is -0.394 e. The van der Waals surface area contributed by atoms with Crippen molar-refractivity contribution in [2.45, 2.75) is 39.2 Å². The first-order valence-corrected chi connectivity index (χ1v) is 6.67. The van der Waals surface area contributed by atoms with E-state index in [1.165, 1.54) is 0 Å². The number of hydrogen-bond acceptors (Lipinski definition) is 4. The van der Waals surface area contributed by atoms with Crippen LogP contribution in [0.5, 0.6) is 0 Å². The highest BCUT2D eigenvalue weighted by Gasteiger charge is 2.30. The Balaban J connectivity index is 2.25. The van der Waals surface area contributed by atoms with Crippen molar-refractivity contribution in [2.24, 2.45) is 13.0 Å². The van der Waals surface area contributed by atoms with Crippen LogP contribution >= 0.6 is 0 Å². The number of aliphatic hydroxyl groups is 1. The van der Waals surface area contributed by atoms with Gasteiger partial charge < -0.3 is 15.7 Å². The molecule has 0 bridgehead atoms. The molecule has 1 saturated heterocycles. The number of aromatic nitrogens is 2. The lowest BCUT2D eigenvalue weighted by Crippen LogP contribution is -2.26. The van der Waals surface area contributed by atoms with E-state index in [2.05, 4.69) is 23.8 Å². The number of nitrogen functional groups attached to an aromatic ring is 1. The summed E-state index contributed by atoms with van der Waals surface area (Å²) in [5, 5.41) is 14.2. The average Bonchev–Trinajstić information content (AvgIpc) is 2.83. The van der Waals surface area contributed by atoms with E-state index in [-0.39, 0.29) is 6.10 Å². The second-order valence-electron chi connectivity index (χ2n) is 5.64. The van der Waals surface area contributed by atoms with Crippen molar-refractivity contribution in [3.05, 3.63) is 5.69 Å². The molecule has 0 spiro atoms. The molecule has 1 aliphatic heterocycles. The van der Waals surface area contributed by atoms with Crippen molar-refractivity contribution >= 4 is 11.5 Å². The molecule has 1 aliphatic rings. The van der Waals surface area contributed by atoms with Crippen LogP contribution in [0.3, 0.4) is 0 Å². The van der Waals surface area contributed by atoms with Gasteiger partial charge in [0.15, 0.2) is 0 Å². The second-order valence-corrected chi connectivity index (χ2v) is 5.64. The molecular formula is C13H24N4O. The highest BCUT2D eigenvalue weighted by atomic mass is 16.3. The molecule has 2 unspecified atom stereocenters. The molecule has 5 heteroatoms. The fraction of sp³-hybridized carbons (Fsp3) is 0.769. The lowest BCUT2D eigenvalue weighted by atomic mass is 10.0. The summed E-state index contributed by atoms with van der Waals surface area (Å²) in [7, 11) is 1.94. The van der Waals surface area contributed by atoms with Gasteiger partial charge in [-0.3, -0.25) is 4.68 Å². The smallest absolute Gasteiger partial charge is 0.150 e. The third-order valence-corrected chi connectivity index (χ3v) is 3.83. The zero-order valence-electron chi connectivity index (χ0n) is 11.7. The molecule has 0 radical (unpaired) electrons. The van der Waals surface area contributed by atoms with Crippen LogP contribution in [0.15, 0.2) is 0 Å². The van der Waals surface area contributed by atoms with Gasteiger partial charge in [-0.2, -0.15) is 5.10 Å². The highest BCUT2D eigenvalue weighted by molar-refractivity contribution is 5.67. The van der Waals surface area contributed by atoms with Gasteiger partial charge in [-0.1, -0.05) is 13.8 Å². The minimum atomic E-state index is -0.256. The predicted octanol–water partition coefficient (Wildman–Crippen LogP) is 1.33. The van der Waals surface area contributed by atoms with E-state index in [9.17, 15) is 5.11 Å². The fourth-order valence-electron chi connectivity index (χ4n) is 2.73. The van der Waals surface area contributed by atoms with Crippen molar-refractivity contribution in [2.75, 3.05) is 23.7 Å². The highest BCUT2D eigenvalue weighted by Crippen LogP contribution is 2.34. The largest absolute Gasteiger partial charge is 0.394 e.